The average Bonchev–Trinajstić information content (AvgIpc) is 3.26. The molecule has 3 rings (SSSR count). The minimum absolute atomic E-state index is 0.00139. The standard InChI is InChI=1S/C22H20FN3O4S2/c1-3-32(28,29)16-6-4-14(5-7-16)20(25)22(27)26-19-10-15(12-31-19)17-8-13(11-24)9-18(23)21(17)30-2/h4-10,12,20H,3,25H2,1-2H3,(H,26,27). The smallest absolute Gasteiger partial charge is 0.246 e. The molecule has 7 nitrogen and oxygen atoms in total. The van der Waals surface area contributed by atoms with Crippen molar-refractivity contribution in [3.8, 4) is 22.9 Å². The van der Waals surface area contributed by atoms with Crippen LogP contribution >= 0.6 is 11.3 Å². The lowest BCUT2D eigenvalue weighted by Gasteiger charge is -2.12. The maximum absolute atomic E-state index is 14.2. The number of benzene rings is 2. The van der Waals surface area contributed by atoms with Crippen LogP contribution in [0.25, 0.3) is 11.1 Å². The first-order valence-corrected chi connectivity index (χ1v) is 12.0. The van der Waals surface area contributed by atoms with Crippen LogP contribution in [0, 0.1) is 17.1 Å². The molecular weight excluding hydrogens is 453 g/mol. The Morgan fingerprint density at radius 1 is 1.28 bits per heavy atom. The van der Waals surface area contributed by atoms with Gasteiger partial charge >= 0.3 is 0 Å². The topological polar surface area (TPSA) is 122 Å². The number of sulfone groups is 1. The number of carbonyl (C=O) groups is 1. The van der Waals surface area contributed by atoms with Crippen molar-refractivity contribution in [2.75, 3.05) is 18.2 Å². The van der Waals surface area contributed by atoms with Crippen molar-refractivity contribution in [3.63, 3.8) is 0 Å². The number of amides is 1. The van der Waals surface area contributed by atoms with Crippen molar-refractivity contribution in [1.29, 1.82) is 5.26 Å². The summed E-state index contributed by atoms with van der Waals surface area (Å²) in [7, 11) is -2.01. The molecule has 0 aliphatic rings. The van der Waals surface area contributed by atoms with E-state index in [0.29, 0.717) is 21.7 Å². The van der Waals surface area contributed by atoms with Gasteiger partial charge in [0.2, 0.25) is 5.91 Å². The SMILES string of the molecule is CCS(=O)(=O)c1ccc(C(N)C(=O)Nc2cc(-c3cc(C#N)cc(F)c3OC)cs2)cc1. The van der Waals surface area contributed by atoms with E-state index in [4.69, 9.17) is 15.7 Å². The first-order chi connectivity index (χ1) is 15.2. The van der Waals surface area contributed by atoms with Gasteiger partial charge in [-0.3, -0.25) is 4.79 Å². The number of halogens is 1. The fourth-order valence-electron chi connectivity index (χ4n) is 3.02. The van der Waals surface area contributed by atoms with Crippen LogP contribution in [0.5, 0.6) is 5.75 Å². The van der Waals surface area contributed by atoms with E-state index in [1.54, 1.807) is 18.4 Å². The number of nitrogens with zero attached hydrogens (tertiary/aromatic N) is 1. The maximum Gasteiger partial charge on any atom is 0.246 e. The first-order valence-electron chi connectivity index (χ1n) is 9.45. The quantitative estimate of drug-likeness (QED) is 0.537. The molecule has 1 aromatic heterocycles. The van der Waals surface area contributed by atoms with Crippen LogP contribution in [0.15, 0.2) is 52.7 Å². The van der Waals surface area contributed by atoms with Crippen LogP contribution in [0.3, 0.4) is 0 Å². The zero-order chi connectivity index (χ0) is 23.5. The largest absolute Gasteiger partial charge is 0.493 e. The molecule has 0 fully saturated rings. The Balaban J connectivity index is 1.79. The summed E-state index contributed by atoms with van der Waals surface area (Å²) >= 11 is 1.20. The number of hydrogen-bond donors (Lipinski definition) is 2. The molecule has 0 spiro atoms. The van der Waals surface area contributed by atoms with Crippen molar-refractivity contribution in [1.82, 2.24) is 0 Å². The zero-order valence-corrected chi connectivity index (χ0v) is 18.9. The Labute approximate surface area is 189 Å². The molecule has 3 N–H and O–H groups in total. The number of hydrogen-bond acceptors (Lipinski definition) is 7. The van der Waals surface area contributed by atoms with E-state index < -0.39 is 27.6 Å². The van der Waals surface area contributed by atoms with Gasteiger partial charge in [-0.15, -0.1) is 11.3 Å². The molecule has 166 valence electrons. The lowest BCUT2D eigenvalue weighted by Crippen LogP contribution is -2.27. The maximum atomic E-state index is 14.2. The van der Waals surface area contributed by atoms with Gasteiger partial charge in [-0.2, -0.15) is 5.26 Å². The second-order valence-corrected chi connectivity index (χ2v) is 9.98. The van der Waals surface area contributed by atoms with Gasteiger partial charge in [-0.25, -0.2) is 12.8 Å². The van der Waals surface area contributed by atoms with Gasteiger partial charge in [-0.1, -0.05) is 19.1 Å². The van der Waals surface area contributed by atoms with Gasteiger partial charge in [0.05, 0.1) is 34.4 Å². The fourth-order valence-corrected chi connectivity index (χ4v) is 4.71. The molecule has 1 heterocycles. The summed E-state index contributed by atoms with van der Waals surface area (Å²) in [5, 5.41) is 14.0. The average molecular weight is 474 g/mol. The van der Waals surface area contributed by atoms with Crippen LogP contribution in [-0.4, -0.2) is 27.2 Å². The molecule has 1 amide bonds. The normalized spacial score (nSPS) is 12.1. The number of thiophene rings is 1. The van der Waals surface area contributed by atoms with Crippen molar-refractivity contribution < 1.29 is 22.3 Å². The minimum Gasteiger partial charge on any atom is -0.493 e. The van der Waals surface area contributed by atoms with Crippen LogP contribution in [0.4, 0.5) is 9.39 Å². The second-order valence-electron chi connectivity index (χ2n) is 6.79. The highest BCUT2D eigenvalue weighted by molar-refractivity contribution is 7.91. The molecule has 0 radical (unpaired) electrons. The van der Waals surface area contributed by atoms with Crippen molar-refractivity contribution in [2.45, 2.75) is 17.9 Å². The summed E-state index contributed by atoms with van der Waals surface area (Å²) in [6, 6.07) is 11.0. The molecule has 0 saturated heterocycles. The lowest BCUT2D eigenvalue weighted by molar-refractivity contribution is -0.117. The number of carbonyl (C=O) groups excluding carboxylic acids is 1. The fraction of sp³-hybridized carbons (Fsp3) is 0.182. The Morgan fingerprint density at radius 3 is 2.56 bits per heavy atom. The lowest BCUT2D eigenvalue weighted by atomic mass is 10.0. The number of anilines is 1. The molecule has 0 aliphatic carbocycles. The molecule has 0 aliphatic heterocycles. The number of nitrogens with two attached hydrogens (primary N) is 1. The van der Waals surface area contributed by atoms with Crippen LogP contribution in [0.2, 0.25) is 0 Å². The molecule has 0 saturated carbocycles. The predicted octanol–water partition coefficient (Wildman–Crippen LogP) is 3.87. The third-order valence-electron chi connectivity index (χ3n) is 4.79. The molecule has 1 unspecified atom stereocenters. The summed E-state index contributed by atoms with van der Waals surface area (Å²) in [5.74, 6) is -1.17. The number of ether oxygens (including phenoxy) is 1. The predicted molar refractivity (Wildman–Crippen MR) is 121 cm³/mol. The number of methoxy groups -OCH3 is 1. The van der Waals surface area contributed by atoms with E-state index in [2.05, 4.69) is 5.32 Å². The third kappa shape index (κ3) is 4.80. The summed E-state index contributed by atoms with van der Waals surface area (Å²) in [5.41, 5.74) is 7.60. The molecule has 1 atom stereocenters. The van der Waals surface area contributed by atoms with E-state index in [1.807, 2.05) is 6.07 Å². The van der Waals surface area contributed by atoms with Gasteiger partial charge in [-0.05, 0) is 41.5 Å². The molecule has 3 aromatic rings. The minimum atomic E-state index is -3.34. The summed E-state index contributed by atoms with van der Waals surface area (Å²) < 4.78 is 43.2. The summed E-state index contributed by atoms with van der Waals surface area (Å²) in [4.78, 5) is 12.8. The monoisotopic (exact) mass is 473 g/mol. The molecule has 10 heteroatoms. The summed E-state index contributed by atoms with van der Waals surface area (Å²) in [6.07, 6.45) is 0. The van der Waals surface area contributed by atoms with Crippen molar-refractivity contribution in [2.24, 2.45) is 5.73 Å². The molecule has 2 aromatic carbocycles. The first kappa shape index (κ1) is 23.4. The van der Waals surface area contributed by atoms with E-state index in [1.165, 1.54) is 48.8 Å². The van der Waals surface area contributed by atoms with Crippen molar-refractivity contribution >= 4 is 32.1 Å². The van der Waals surface area contributed by atoms with Crippen LogP contribution in [-0.2, 0) is 14.6 Å². The van der Waals surface area contributed by atoms with Crippen LogP contribution < -0.4 is 15.8 Å². The van der Waals surface area contributed by atoms with Gasteiger partial charge in [0, 0.05) is 10.9 Å². The highest BCUT2D eigenvalue weighted by atomic mass is 32.2. The number of rotatable bonds is 7. The Bertz CT molecular complexity index is 1300. The van der Waals surface area contributed by atoms with E-state index in [0.717, 1.165) is 6.07 Å². The van der Waals surface area contributed by atoms with Gasteiger partial charge < -0.3 is 15.8 Å². The Kier molecular flexibility index (Phi) is 6.93. The van der Waals surface area contributed by atoms with Crippen molar-refractivity contribution in [3.05, 3.63) is 64.8 Å². The Hall–Kier alpha value is -3.26. The molecule has 0 bridgehead atoms. The van der Waals surface area contributed by atoms with E-state index in [-0.39, 0.29) is 22.0 Å². The highest BCUT2D eigenvalue weighted by Gasteiger charge is 2.20. The highest BCUT2D eigenvalue weighted by Crippen LogP contribution is 2.37. The molecular formula is C22H20FN3O4S2. The summed E-state index contributed by atoms with van der Waals surface area (Å²) in [6.45, 7) is 1.55. The second kappa shape index (κ2) is 9.48. The number of nitrogens with one attached hydrogen (secondary N) is 1. The third-order valence-corrected chi connectivity index (χ3v) is 7.39. The van der Waals surface area contributed by atoms with Gasteiger partial charge in [0.25, 0.3) is 0 Å². The number of nitriles is 1. The van der Waals surface area contributed by atoms with Gasteiger partial charge in [0.15, 0.2) is 21.4 Å². The van der Waals surface area contributed by atoms with E-state index >= 15 is 0 Å². The Morgan fingerprint density at radius 2 is 1.97 bits per heavy atom. The van der Waals surface area contributed by atoms with Gasteiger partial charge in [0.1, 0.15) is 6.04 Å². The van der Waals surface area contributed by atoms with E-state index in [9.17, 15) is 17.6 Å². The zero-order valence-electron chi connectivity index (χ0n) is 17.3. The van der Waals surface area contributed by atoms with Crippen LogP contribution in [0.1, 0.15) is 24.1 Å². The molecule has 32 heavy (non-hydrogen) atoms.